The molecule has 1 atom stereocenters. The predicted octanol–water partition coefficient (Wildman–Crippen LogP) is 5.52. The van der Waals surface area contributed by atoms with Gasteiger partial charge in [-0.2, -0.15) is 0 Å². The van der Waals surface area contributed by atoms with Gasteiger partial charge in [0.2, 0.25) is 0 Å². The molecule has 0 fully saturated rings. The maximum absolute atomic E-state index is 14.1. The molecule has 1 aliphatic heterocycles. The number of allylic oxidation sites excluding steroid dienone is 1. The lowest BCUT2D eigenvalue weighted by Crippen LogP contribution is -2.40. The summed E-state index contributed by atoms with van der Waals surface area (Å²) in [5, 5.41) is 9.39. The summed E-state index contributed by atoms with van der Waals surface area (Å²) in [4.78, 5) is 43.7. The van der Waals surface area contributed by atoms with Gasteiger partial charge in [0.15, 0.2) is 16.3 Å². The largest absolute Gasteiger partial charge is 0.493 e. The van der Waals surface area contributed by atoms with Gasteiger partial charge >= 0.3 is 11.9 Å². The zero-order valence-electron chi connectivity index (χ0n) is 26.4. The van der Waals surface area contributed by atoms with Gasteiger partial charge in [-0.25, -0.2) is 14.6 Å². The van der Waals surface area contributed by atoms with Gasteiger partial charge in [0, 0.05) is 5.56 Å². The van der Waals surface area contributed by atoms with Crippen molar-refractivity contribution in [2.24, 2.45) is 4.99 Å². The highest BCUT2D eigenvalue weighted by atomic mass is 35.5. The first-order valence-electron chi connectivity index (χ1n) is 14.8. The van der Waals surface area contributed by atoms with Crippen molar-refractivity contribution in [1.82, 2.24) is 4.57 Å². The first-order valence-corrected chi connectivity index (χ1v) is 16.0. The van der Waals surface area contributed by atoms with Crippen molar-refractivity contribution in [3.63, 3.8) is 0 Å². The molecule has 1 aromatic heterocycles. The Morgan fingerprint density at radius 3 is 2.49 bits per heavy atom. The van der Waals surface area contributed by atoms with Gasteiger partial charge in [-0.1, -0.05) is 53.3 Å². The molecule has 5 rings (SSSR count). The Bertz CT molecular complexity index is 2050. The standard InChI is InChI=1S/C35H33ClN2O8S/c1-6-44-34(42)29-20(4)37-35-38(30(29)24-9-7-8-10-26(24)46-19(2)3)32(39)28(47-35)17-22-15-25(36)31(27(16-22)43-5)45-18-21-11-13-23(14-12-21)33(40)41/h7-17,19,30H,6,18H2,1-5H3,(H,40,41)/b28-17+/t30-/m0/s1. The molecule has 0 saturated carbocycles. The molecule has 0 bridgehead atoms. The fraction of sp³-hybridized carbons (Fsp3) is 0.257. The molecule has 1 aliphatic rings. The fourth-order valence-corrected chi connectivity index (χ4v) is 6.49. The Balaban J connectivity index is 1.57. The summed E-state index contributed by atoms with van der Waals surface area (Å²) in [7, 11) is 1.48. The number of benzene rings is 3. The number of carbonyl (C=O) groups excluding carboxylic acids is 1. The summed E-state index contributed by atoms with van der Waals surface area (Å²) in [6, 6.07) is 16.2. The van der Waals surface area contributed by atoms with E-state index < -0.39 is 18.0 Å². The molecule has 0 amide bonds. The van der Waals surface area contributed by atoms with Crippen LogP contribution < -0.4 is 29.1 Å². The number of hydrogen-bond acceptors (Lipinski definition) is 9. The first-order chi connectivity index (χ1) is 22.5. The van der Waals surface area contributed by atoms with Gasteiger partial charge in [-0.3, -0.25) is 9.36 Å². The number of halogens is 1. The number of fused-ring (bicyclic) bond motifs is 1. The third-order valence-corrected chi connectivity index (χ3v) is 8.49. The van der Waals surface area contributed by atoms with Crippen molar-refractivity contribution in [3.8, 4) is 17.2 Å². The van der Waals surface area contributed by atoms with E-state index in [1.54, 1.807) is 44.2 Å². The second-order valence-corrected chi connectivity index (χ2v) is 12.2. The molecule has 12 heteroatoms. The summed E-state index contributed by atoms with van der Waals surface area (Å²) in [6.07, 6.45) is 1.54. The van der Waals surface area contributed by atoms with Crippen LogP contribution >= 0.6 is 22.9 Å². The second kappa shape index (κ2) is 14.3. The van der Waals surface area contributed by atoms with Crippen molar-refractivity contribution in [2.75, 3.05) is 13.7 Å². The van der Waals surface area contributed by atoms with Gasteiger partial charge < -0.3 is 24.1 Å². The summed E-state index contributed by atoms with van der Waals surface area (Å²) >= 11 is 7.83. The van der Waals surface area contributed by atoms with Crippen LogP contribution in [0.3, 0.4) is 0 Å². The van der Waals surface area contributed by atoms with Gasteiger partial charge in [0.05, 0.1) is 46.2 Å². The van der Waals surface area contributed by atoms with Crippen LogP contribution in [0.5, 0.6) is 17.2 Å². The van der Waals surface area contributed by atoms with Crippen LogP contribution in [0.1, 0.15) is 60.8 Å². The zero-order valence-corrected chi connectivity index (χ0v) is 28.0. The van der Waals surface area contributed by atoms with E-state index >= 15 is 0 Å². The number of aromatic carboxylic acids is 1. The van der Waals surface area contributed by atoms with Crippen LogP contribution in [0.2, 0.25) is 5.02 Å². The molecule has 10 nitrogen and oxygen atoms in total. The smallest absolute Gasteiger partial charge is 0.338 e. The second-order valence-electron chi connectivity index (χ2n) is 10.8. The number of carboxylic acids is 1. The molecular weight excluding hydrogens is 644 g/mol. The Labute approximate surface area is 279 Å². The van der Waals surface area contributed by atoms with E-state index in [1.165, 1.54) is 35.1 Å². The van der Waals surface area contributed by atoms with Crippen LogP contribution in [-0.2, 0) is 16.1 Å². The SMILES string of the molecule is CCOC(=O)C1=C(C)N=c2s/c(=C/c3cc(Cl)c(OCc4ccc(C(=O)O)cc4)c(OC)c3)c(=O)n2[C@H]1c1ccccc1OC(C)C. The normalized spacial score (nSPS) is 14.4. The minimum atomic E-state index is -1.01. The average molecular weight is 677 g/mol. The van der Waals surface area contributed by atoms with Crippen molar-refractivity contribution in [1.29, 1.82) is 0 Å². The number of nitrogens with zero attached hydrogens (tertiary/aromatic N) is 2. The maximum atomic E-state index is 14.1. The summed E-state index contributed by atoms with van der Waals surface area (Å²) < 4.78 is 24.9. The number of para-hydroxylation sites is 1. The predicted molar refractivity (Wildman–Crippen MR) is 178 cm³/mol. The Kier molecular flexibility index (Phi) is 10.2. The summed E-state index contributed by atoms with van der Waals surface area (Å²) in [5.74, 6) is -0.385. The van der Waals surface area contributed by atoms with Crippen molar-refractivity contribution >= 4 is 41.0 Å². The van der Waals surface area contributed by atoms with E-state index in [0.717, 1.165) is 5.56 Å². The van der Waals surface area contributed by atoms with Crippen LogP contribution in [0.15, 0.2) is 81.7 Å². The van der Waals surface area contributed by atoms with E-state index in [1.807, 2.05) is 38.1 Å². The van der Waals surface area contributed by atoms with Gasteiger partial charge in [0.25, 0.3) is 5.56 Å². The van der Waals surface area contributed by atoms with E-state index in [4.69, 9.17) is 35.7 Å². The molecule has 0 saturated heterocycles. The van der Waals surface area contributed by atoms with Crippen LogP contribution in [0.4, 0.5) is 0 Å². The molecule has 3 aromatic carbocycles. The minimum Gasteiger partial charge on any atom is -0.493 e. The van der Waals surface area contributed by atoms with Gasteiger partial charge in [0.1, 0.15) is 18.4 Å². The van der Waals surface area contributed by atoms with Crippen LogP contribution in [-0.4, -0.2) is 41.4 Å². The van der Waals surface area contributed by atoms with E-state index in [9.17, 15) is 14.4 Å². The minimum absolute atomic E-state index is 0.123. The number of esters is 1. The molecular formula is C35H33ClN2O8S. The number of aromatic nitrogens is 1. The number of carbonyl (C=O) groups is 2. The third kappa shape index (κ3) is 7.11. The number of carboxylic acid groups (broad SMARTS) is 1. The van der Waals surface area contributed by atoms with Crippen LogP contribution in [0.25, 0.3) is 6.08 Å². The zero-order chi connectivity index (χ0) is 33.8. The molecule has 4 aromatic rings. The highest BCUT2D eigenvalue weighted by molar-refractivity contribution is 7.07. The highest BCUT2D eigenvalue weighted by Gasteiger charge is 2.35. The van der Waals surface area contributed by atoms with Crippen molar-refractivity contribution < 1.29 is 33.6 Å². The molecule has 0 unspecified atom stereocenters. The summed E-state index contributed by atoms with van der Waals surface area (Å²) in [6.45, 7) is 7.55. The van der Waals surface area contributed by atoms with E-state index in [0.29, 0.717) is 43.4 Å². The number of thiazole rings is 1. The molecule has 0 radical (unpaired) electrons. The molecule has 0 aliphatic carbocycles. The lowest BCUT2D eigenvalue weighted by Gasteiger charge is -2.26. The Hall–Kier alpha value is -4.87. The number of hydrogen-bond donors (Lipinski definition) is 1. The van der Waals surface area contributed by atoms with E-state index in [-0.39, 0.29) is 41.0 Å². The van der Waals surface area contributed by atoms with E-state index in [2.05, 4.69) is 4.99 Å². The molecule has 47 heavy (non-hydrogen) atoms. The van der Waals surface area contributed by atoms with Crippen molar-refractivity contribution in [3.05, 3.63) is 119 Å². The molecule has 244 valence electrons. The van der Waals surface area contributed by atoms with Gasteiger partial charge in [-0.15, -0.1) is 0 Å². The lowest BCUT2D eigenvalue weighted by atomic mass is 9.95. The van der Waals surface area contributed by atoms with Gasteiger partial charge in [-0.05, 0) is 75.2 Å². The number of rotatable bonds is 11. The Morgan fingerprint density at radius 1 is 1.11 bits per heavy atom. The molecule has 2 heterocycles. The average Bonchev–Trinajstić information content (AvgIpc) is 3.33. The number of ether oxygens (including phenoxy) is 4. The van der Waals surface area contributed by atoms with Crippen molar-refractivity contribution in [2.45, 2.75) is 46.4 Å². The molecule has 1 N–H and O–H groups in total. The fourth-order valence-electron chi connectivity index (χ4n) is 5.17. The summed E-state index contributed by atoms with van der Waals surface area (Å²) in [5.41, 5.74) is 2.48. The molecule has 0 spiro atoms. The number of methoxy groups -OCH3 is 1. The Morgan fingerprint density at radius 2 is 1.83 bits per heavy atom. The third-order valence-electron chi connectivity index (χ3n) is 7.23. The first kappa shape index (κ1) is 33.5. The quantitative estimate of drug-likeness (QED) is 0.206. The van der Waals surface area contributed by atoms with Crippen LogP contribution in [0, 0.1) is 0 Å². The topological polar surface area (TPSA) is 126 Å². The monoisotopic (exact) mass is 676 g/mol. The highest BCUT2D eigenvalue weighted by Crippen LogP contribution is 2.38. The maximum Gasteiger partial charge on any atom is 0.338 e. The lowest BCUT2D eigenvalue weighted by molar-refractivity contribution is -0.139.